The van der Waals surface area contributed by atoms with Crippen molar-refractivity contribution < 1.29 is 9.32 Å². The molecule has 1 fully saturated rings. The predicted octanol–water partition coefficient (Wildman–Crippen LogP) is 2.24. The number of benzene rings is 1. The molecule has 0 aliphatic carbocycles. The Labute approximate surface area is 143 Å². The molecule has 4 rings (SSSR count). The van der Waals surface area contributed by atoms with Crippen molar-refractivity contribution >= 4 is 16.7 Å². The van der Waals surface area contributed by atoms with Crippen LogP contribution in [0.15, 0.2) is 39.6 Å². The van der Waals surface area contributed by atoms with Gasteiger partial charge in [0, 0.05) is 18.5 Å². The number of nitrogens with zero attached hydrogens (tertiary/aromatic N) is 3. The summed E-state index contributed by atoms with van der Waals surface area (Å²) in [5.74, 6) is 1.02. The van der Waals surface area contributed by atoms with Gasteiger partial charge in [-0.3, -0.25) is 9.59 Å². The fraction of sp³-hybridized carbons (Fsp3) is 0.333. The van der Waals surface area contributed by atoms with Gasteiger partial charge in [-0.05, 0) is 37.3 Å². The van der Waals surface area contributed by atoms with Crippen molar-refractivity contribution in [2.24, 2.45) is 0 Å². The molecule has 1 aliphatic heterocycles. The van der Waals surface area contributed by atoms with Crippen LogP contribution < -0.4 is 5.56 Å². The first-order valence-electron chi connectivity index (χ1n) is 8.33. The Morgan fingerprint density at radius 1 is 1.36 bits per heavy atom. The largest absolute Gasteiger partial charge is 0.339 e. The van der Waals surface area contributed by atoms with Crippen LogP contribution in [0.4, 0.5) is 0 Å². The molecule has 7 heteroatoms. The highest BCUT2D eigenvalue weighted by Crippen LogP contribution is 2.26. The Kier molecular flexibility index (Phi) is 3.83. The van der Waals surface area contributed by atoms with Gasteiger partial charge in [0.25, 0.3) is 11.5 Å². The third kappa shape index (κ3) is 2.93. The second-order valence-electron chi connectivity index (χ2n) is 6.37. The molecule has 1 aromatic carbocycles. The average molecular weight is 338 g/mol. The molecule has 0 saturated carbocycles. The Bertz CT molecular complexity index is 991. The quantitative estimate of drug-likeness (QED) is 0.773. The Morgan fingerprint density at radius 3 is 3.00 bits per heavy atom. The van der Waals surface area contributed by atoms with Gasteiger partial charge in [0.1, 0.15) is 5.69 Å². The van der Waals surface area contributed by atoms with Crippen molar-refractivity contribution in [3.05, 3.63) is 58.1 Å². The second kappa shape index (κ2) is 6.16. The van der Waals surface area contributed by atoms with E-state index in [9.17, 15) is 9.59 Å². The minimum Gasteiger partial charge on any atom is -0.339 e. The molecule has 0 unspecified atom stereocenters. The highest BCUT2D eigenvalue weighted by atomic mass is 16.5. The van der Waals surface area contributed by atoms with Gasteiger partial charge in [-0.25, -0.2) is 0 Å². The van der Waals surface area contributed by atoms with Crippen LogP contribution in [0.3, 0.4) is 0 Å². The third-order valence-electron chi connectivity index (χ3n) is 4.58. The third-order valence-corrected chi connectivity index (χ3v) is 4.58. The number of fused-ring (bicyclic) bond motifs is 1. The summed E-state index contributed by atoms with van der Waals surface area (Å²) >= 11 is 0. The predicted molar refractivity (Wildman–Crippen MR) is 91.5 cm³/mol. The van der Waals surface area contributed by atoms with Crippen LogP contribution in [0.1, 0.15) is 41.0 Å². The molecular formula is C18H18N4O3. The lowest BCUT2D eigenvalue weighted by atomic mass is 9.97. The second-order valence-corrected chi connectivity index (χ2v) is 6.37. The summed E-state index contributed by atoms with van der Waals surface area (Å²) in [6.07, 6.45) is 1.76. The highest BCUT2D eigenvalue weighted by Gasteiger charge is 2.29. The summed E-state index contributed by atoms with van der Waals surface area (Å²) in [5, 5.41) is 5.17. The number of amides is 1. The summed E-state index contributed by atoms with van der Waals surface area (Å²) in [6.45, 7) is 2.94. The number of aromatic nitrogens is 3. The molecule has 7 nitrogen and oxygen atoms in total. The topological polar surface area (TPSA) is 92.1 Å². The number of piperidine rings is 1. The van der Waals surface area contributed by atoms with E-state index in [2.05, 4.69) is 15.1 Å². The van der Waals surface area contributed by atoms with Crippen LogP contribution in [0.5, 0.6) is 0 Å². The fourth-order valence-corrected chi connectivity index (χ4v) is 3.34. The molecule has 1 N–H and O–H groups in total. The van der Waals surface area contributed by atoms with Crippen molar-refractivity contribution in [3.63, 3.8) is 0 Å². The van der Waals surface area contributed by atoms with Crippen LogP contribution in [-0.2, 0) is 0 Å². The van der Waals surface area contributed by atoms with E-state index in [1.165, 1.54) is 0 Å². The van der Waals surface area contributed by atoms with E-state index < -0.39 is 0 Å². The number of hydrogen-bond donors (Lipinski definition) is 1. The molecule has 1 amide bonds. The monoisotopic (exact) mass is 338 g/mol. The minimum absolute atomic E-state index is 0.0334. The van der Waals surface area contributed by atoms with Gasteiger partial charge in [0.2, 0.25) is 5.89 Å². The number of pyridine rings is 1. The van der Waals surface area contributed by atoms with Crippen molar-refractivity contribution in [2.45, 2.75) is 25.7 Å². The van der Waals surface area contributed by atoms with Crippen molar-refractivity contribution in [1.29, 1.82) is 0 Å². The summed E-state index contributed by atoms with van der Waals surface area (Å²) < 4.78 is 5.26. The summed E-state index contributed by atoms with van der Waals surface area (Å²) in [6, 6.07) is 8.98. The van der Waals surface area contributed by atoms with E-state index in [0.717, 1.165) is 18.2 Å². The van der Waals surface area contributed by atoms with E-state index >= 15 is 0 Å². The van der Waals surface area contributed by atoms with E-state index in [0.29, 0.717) is 35.9 Å². The number of aryl methyl sites for hydroxylation is 1. The Morgan fingerprint density at radius 2 is 2.20 bits per heavy atom. The van der Waals surface area contributed by atoms with Gasteiger partial charge in [-0.2, -0.15) is 4.98 Å². The van der Waals surface area contributed by atoms with Crippen LogP contribution >= 0.6 is 0 Å². The zero-order chi connectivity index (χ0) is 17.4. The lowest BCUT2D eigenvalue weighted by Crippen LogP contribution is -2.40. The number of likely N-dealkylation sites (tertiary alicyclic amines) is 1. The number of aromatic amines is 1. The molecule has 1 aliphatic rings. The van der Waals surface area contributed by atoms with E-state index in [1.807, 2.05) is 12.1 Å². The van der Waals surface area contributed by atoms with Crippen molar-refractivity contribution in [1.82, 2.24) is 20.0 Å². The zero-order valence-corrected chi connectivity index (χ0v) is 13.9. The SMILES string of the molecule is Cc1noc([C@H]2CCCN(C(=O)c3cc4ccccc4c(=O)[nH]3)C2)n1. The molecule has 25 heavy (non-hydrogen) atoms. The molecular weight excluding hydrogens is 320 g/mol. The van der Waals surface area contributed by atoms with Gasteiger partial charge >= 0.3 is 0 Å². The number of rotatable bonds is 2. The Hall–Kier alpha value is -2.96. The standard InChI is InChI=1S/C18H18N4O3/c1-11-19-17(25-21-11)13-6-4-8-22(10-13)18(24)15-9-12-5-2-3-7-14(12)16(23)20-15/h2-3,5,7,9,13H,4,6,8,10H2,1H3,(H,20,23)/t13-/m0/s1. The lowest BCUT2D eigenvalue weighted by Gasteiger charge is -2.30. The summed E-state index contributed by atoms with van der Waals surface area (Å²) in [5.41, 5.74) is 0.0635. The Balaban J connectivity index is 1.61. The van der Waals surface area contributed by atoms with Gasteiger partial charge in [0.05, 0.1) is 5.92 Å². The van der Waals surface area contributed by atoms with Crippen molar-refractivity contribution in [3.8, 4) is 0 Å². The molecule has 128 valence electrons. The number of nitrogens with one attached hydrogen (secondary N) is 1. The van der Waals surface area contributed by atoms with E-state index in [-0.39, 0.29) is 17.4 Å². The van der Waals surface area contributed by atoms with Crippen LogP contribution in [0.25, 0.3) is 10.8 Å². The molecule has 1 atom stereocenters. The molecule has 1 saturated heterocycles. The van der Waals surface area contributed by atoms with Gasteiger partial charge < -0.3 is 14.4 Å². The van der Waals surface area contributed by atoms with Crippen molar-refractivity contribution in [2.75, 3.05) is 13.1 Å². The minimum atomic E-state index is -0.248. The van der Waals surface area contributed by atoms with Gasteiger partial charge in [-0.15, -0.1) is 0 Å². The number of H-pyrrole nitrogens is 1. The zero-order valence-electron chi connectivity index (χ0n) is 13.9. The average Bonchev–Trinajstić information content (AvgIpc) is 3.08. The molecule has 0 bridgehead atoms. The van der Waals surface area contributed by atoms with Gasteiger partial charge in [-0.1, -0.05) is 23.4 Å². The molecule has 0 spiro atoms. The maximum absolute atomic E-state index is 12.9. The maximum atomic E-state index is 12.9. The van der Waals surface area contributed by atoms with Crippen LogP contribution in [0.2, 0.25) is 0 Å². The fourth-order valence-electron chi connectivity index (χ4n) is 3.34. The summed E-state index contributed by atoms with van der Waals surface area (Å²) in [7, 11) is 0. The first-order valence-corrected chi connectivity index (χ1v) is 8.33. The normalized spacial score (nSPS) is 17.8. The summed E-state index contributed by atoms with van der Waals surface area (Å²) in [4.78, 5) is 33.8. The van der Waals surface area contributed by atoms with Crippen LogP contribution in [0, 0.1) is 6.92 Å². The van der Waals surface area contributed by atoms with Gasteiger partial charge in [0.15, 0.2) is 5.82 Å². The first-order chi connectivity index (χ1) is 12.1. The number of hydrogen-bond acceptors (Lipinski definition) is 5. The molecule has 3 aromatic rings. The molecule has 0 radical (unpaired) electrons. The highest BCUT2D eigenvalue weighted by molar-refractivity contribution is 5.96. The first kappa shape index (κ1) is 15.6. The van der Waals surface area contributed by atoms with E-state index in [1.54, 1.807) is 30.0 Å². The lowest BCUT2D eigenvalue weighted by molar-refractivity contribution is 0.0689. The smallest absolute Gasteiger partial charge is 0.270 e. The maximum Gasteiger partial charge on any atom is 0.270 e. The van der Waals surface area contributed by atoms with E-state index in [4.69, 9.17) is 4.52 Å². The number of carbonyl (C=O) groups excluding carboxylic acids is 1. The number of carbonyl (C=O) groups is 1. The molecule has 2 aromatic heterocycles. The van der Waals surface area contributed by atoms with Crippen LogP contribution in [-0.4, -0.2) is 39.0 Å². The molecule has 3 heterocycles.